The van der Waals surface area contributed by atoms with Crippen molar-refractivity contribution in [2.24, 2.45) is 5.92 Å². The van der Waals surface area contributed by atoms with Crippen LogP contribution in [0.15, 0.2) is 12.1 Å². The van der Waals surface area contributed by atoms with E-state index >= 15 is 0 Å². The van der Waals surface area contributed by atoms with Crippen molar-refractivity contribution in [3.63, 3.8) is 0 Å². The maximum Gasteiger partial charge on any atom is 0.212 e. The third-order valence-corrected chi connectivity index (χ3v) is 5.08. The lowest BCUT2D eigenvalue weighted by molar-refractivity contribution is -0.125. The fraction of sp³-hybridized carbons (Fsp3) is 0.636. The van der Waals surface area contributed by atoms with Gasteiger partial charge in [0, 0.05) is 11.5 Å². The second-order valence-corrected chi connectivity index (χ2v) is 8.50. The van der Waals surface area contributed by atoms with Crippen molar-refractivity contribution in [3.8, 4) is 0 Å². The number of hydrogen-bond donors (Lipinski definition) is 0. The van der Waals surface area contributed by atoms with E-state index in [2.05, 4.69) is 53.7 Å². The second kappa shape index (κ2) is 7.03. The number of epoxide rings is 1. The van der Waals surface area contributed by atoms with Crippen LogP contribution in [0, 0.1) is 5.92 Å². The van der Waals surface area contributed by atoms with Gasteiger partial charge in [0.25, 0.3) is 0 Å². The van der Waals surface area contributed by atoms with E-state index in [1.54, 1.807) is 0 Å². The Morgan fingerprint density at radius 2 is 1.32 bits per heavy atom. The number of benzene rings is 1. The smallest absolute Gasteiger partial charge is 0.212 e. The Morgan fingerprint density at radius 3 is 1.60 bits per heavy atom. The van der Waals surface area contributed by atoms with E-state index < -0.39 is 5.60 Å². The van der Waals surface area contributed by atoms with Gasteiger partial charge in [-0.15, -0.1) is 0 Å². The highest BCUT2D eigenvalue weighted by Crippen LogP contribution is 2.40. The topological polar surface area (TPSA) is 46.7 Å². The van der Waals surface area contributed by atoms with Crippen LogP contribution >= 0.6 is 0 Å². The van der Waals surface area contributed by atoms with Gasteiger partial charge in [-0.25, -0.2) is 0 Å². The lowest BCUT2D eigenvalue weighted by atomic mass is 9.78. The van der Waals surface area contributed by atoms with Crippen molar-refractivity contribution in [2.75, 3.05) is 6.61 Å². The maximum absolute atomic E-state index is 13.5. The SMILES string of the molecule is CC(C)C(=O)C1(C(=O)c2c(C(C)C)cc(C(C)C)cc2C(C)C)CO1. The minimum atomic E-state index is -1.25. The van der Waals surface area contributed by atoms with E-state index in [1.165, 1.54) is 5.56 Å². The summed E-state index contributed by atoms with van der Waals surface area (Å²) in [4.78, 5) is 26.1. The molecule has 3 heteroatoms. The van der Waals surface area contributed by atoms with Gasteiger partial charge < -0.3 is 4.74 Å². The molecule has 1 aromatic carbocycles. The molecule has 0 radical (unpaired) electrons. The molecule has 1 aliphatic rings. The van der Waals surface area contributed by atoms with Gasteiger partial charge in [0.2, 0.25) is 11.4 Å². The summed E-state index contributed by atoms with van der Waals surface area (Å²) in [5.41, 5.74) is 2.77. The summed E-state index contributed by atoms with van der Waals surface area (Å²) in [5, 5.41) is 0. The van der Waals surface area contributed by atoms with Gasteiger partial charge in [0.15, 0.2) is 5.78 Å². The molecule has 0 spiro atoms. The summed E-state index contributed by atoms with van der Waals surface area (Å²) in [7, 11) is 0. The first kappa shape index (κ1) is 19.8. The molecule has 0 aliphatic carbocycles. The predicted octanol–water partition coefficient (Wildman–Crippen LogP) is 5.23. The molecule has 1 fully saturated rings. The Morgan fingerprint density at radius 1 is 0.880 bits per heavy atom. The van der Waals surface area contributed by atoms with Gasteiger partial charge in [0.1, 0.15) is 0 Å². The number of hydrogen-bond acceptors (Lipinski definition) is 3. The molecular formula is C22H32O3. The van der Waals surface area contributed by atoms with Gasteiger partial charge in [-0.3, -0.25) is 9.59 Å². The van der Waals surface area contributed by atoms with Crippen LogP contribution in [0.25, 0.3) is 0 Å². The second-order valence-electron chi connectivity index (χ2n) is 8.50. The molecule has 138 valence electrons. The van der Waals surface area contributed by atoms with Crippen molar-refractivity contribution in [2.45, 2.75) is 78.7 Å². The van der Waals surface area contributed by atoms with Gasteiger partial charge in [0.05, 0.1) is 6.61 Å². The fourth-order valence-corrected chi connectivity index (χ4v) is 3.34. The van der Waals surface area contributed by atoms with E-state index in [1.807, 2.05) is 13.8 Å². The summed E-state index contributed by atoms with van der Waals surface area (Å²) in [6.07, 6.45) is 0. The average molecular weight is 344 g/mol. The molecule has 1 atom stereocenters. The summed E-state index contributed by atoms with van der Waals surface area (Å²) >= 11 is 0. The van der Waals surface area contributed by atoms with Gasteiger partial charge in [-0.05, 0) is 34.4 Å². The Bertz CT molecular complexity index is 648. The molecule has 0 saturated carbocycles. The third kappa shape index (κ3) is 3.57. The van der Waals surface area contributed by atoms with Crippen molar-refractivity contribution in [1.82, 2.24) is 0 Å². The molecule has 0 amide bonds. The minimum absolute atomic E-state index is 0.102. The number of carbonyl (C=O) groups excluding carboxylic acids is 2. The fourth-order valence-electron chi connectivity index (χ4n) is 3.34. The van der Waals surface area contributed by atoms with Crippen LogP contribution in [0.5, 0.6) is 0 Å². The zero-order valence-corrected chi connectivity index (χ0v) is 16.9. The quantitative estimate of drug-likeness (QED) is 0.386. The van der Waals surface area contributed by atoms with Crippen molar-refractivity contribution < 1.29 is 14.3 Å². The van der Waals surface area contributed by atoms with Crippen molar-refractivity contribution in [1.29, 1.82) is 0 Å². The van der Waals surface area contributed by atoms with Gasteiger partial charge in [-0.1, -0.05) is 67.5 Å². The summed E-state index contributed by atoms with van der Waals surface area (Å²) in [6, 6.07) is 4.29. The van der Waals surface area contributed by atoms with E-state index in [4.69, 9.17) is 4.74 Å². The Kier molecular flexibility index (Phi) is 5.58. The minimum Gasteiger partial charge on any atom is -0.353 e. The van der Waals surface area contributed by atoms with Crippen LogP contribution in [-0.2, 0) is 9.53 Å². The Labute approximate surface area is 152 Å². The Balaban J connectivity index is 2.67. The number of ether oxygens (including phenoxy) is 1. The van der Waals surface area contributed by atoms with Gasteiger partial charge in [-0.2, -0.15) is 0 Å². The maximum atomic E-state index is 13.5. The van der Waals surface area contributed by atoms with Crippen LogP contribution in [0.2, 0.25) is 0 Å². The van der Waals surface area contributed by atoms with Crippen LogP contribution in [0.1, 0.15) is 100 Å². The molecule has 0 N–H and O–H groups in total. The first-order valence-electron chi connectivity index (χ1n) is 9.43. The number of rotatable bonds is 7. The lowest BCUT2D eigenvalue weighted by Gasteiger charge is -2.24. The molecule has 0 bridgehead atoms. The molecular weight excluding hydrogens is 312 g/mol. The molecule has 1 unspecified atom stereocenters. The first-order chi connectivity index (χ1) is 11.5. The molecule has 1 aliphatic heterocycles. The van der Waals surface area contributed by atoms with Crippen LogP contribution in [0.3, 0.4) is 0 Å². The lowest BCUT2D eigenvalue weighted by Crippen LogP contribution is -2.38. The van der Waals surface area contributed by atoms with E-state index in [0.717, 1.165) is 11.1 Å². The van der Waals surface area contributed by atoms with Crippen molar-refractivity contribution in [3.05, 3.63) is 34.4 Å². The van der Waals surface area contributed by atoms with E-state index in [9.17, 15) is 9.59 Å². The normalized spacial score (nSPS) is 20.0. The summed E-state index contributed by atoms with van der Waals surface area (Å²) < 4.78 is 5.48. The molecule has 1 heterocycles. The largest absolute Gasteiger partial charge is 0.353 e. The third-order valence-electron chi connectivity index (χ3n) is 5.08. The average Bonchev–Trinajstić information content (AvgIpc) is 3.33. The monoisotopic (exact) mass is 344 g/mol. The molecule has 0 aromatic heterocycles. The van der Waals surface area contributed by atoms with Crippen LogP contribution in [0.4, 0.5) is 0 Å². The molecule has 3 nitrogen and oxygen atoms in total. The highest BCUT2D eigenvalue weighted by Gasteiger charge is 2.59. The highest BCUT2D eigenvalue weighted by molar-refractivity contribution is 6.21. The highest BCUT2D eigenvalue weighted by atomic mass is 16.6. The summed E-state index contributed by atoms with van der Waals surface area (Å²) in [5.74, 6) is 0.345. The van der Waals surface area contributed by atoms with E-state index in [0.29, 0.717) is 11.5 Å². The van der Waals surface area contributed by atoms with Gasteiger partial charge >= 0.3 is 0 Å². The standard InChI is InChI=1S/C22H32O3/c1-12(2)16-9-17(13(3)4)19(18(10-16)14(5)6)21(24)22(11-25-22)20(23)15(7)8/h9-10,12-15H,11H2,1-8H3. The Hall–Kier alpha value is -1.48. The number of ketones is 2. The number of Topliss-reactive ketones (excluding diaryl/α,β-unsaturated/α-hetero) is 2. The predicted molar refractivity (Wildman–Crippen MR) is 102 cm³/mol. The van der Waals surface area contributed by atoms with Crippen LogP contribution < -0.4 is 0 Å². The zero-order chi connectivity index (χ0) is 19.1. The molecule has 25 heavy (non-hydrogen) atoms. The molecule has 2 rings (SSSR count). The van der Waals surface area contributed by atoms with E-state index in [-0.39, 0.29) is 35.9 Å². The van der Waals surface area contributed by atoms with Crippen LogP contribution in [-0.4, -0.2) is 23.8 Å². The first-order valence-corrected chi connectivity index (χ1v) is 9.43. The van der Waals surface area contributed by atoms with Crippen molar-refractivity contribution >= 4 is 11.6 Å². The summed E-state index contributed by atoms with van der Waals surface area (Å²) in [6.45, 7) is 16.6. The number of carbonyl (C=O) groups is 2. The molecule has 1 saturated heterocycles. The zero-order valence-electron chi connectivity index (χ0n) is 16.9. The molecule has 1 aromatic rings.